The van der Waals surface area contributed by atoms with E-state index in [0.29, 0.717) is 17.1 Å². The molecule has 0 bridgehead atoms. The molecular formula is C23H28BBrN6O2S. The van der Waals surface area contributed by atoms with Gasteiger partial charge in [0.1, 0.15) is 36.4 Å². The molecule has 0 amide bonds. The summed E-state index contributed by atoms with van der Waals surface area (Å²) in [7, 11) is 4.08. The zero-order chi connectivity index (χ0) is 26.1. The largest absolute Gasteiger partial charge is 0.287 e. The number of rotatable bonds is 10. The average molecular weight is 543 g/mol. The number of azo groups is 1. The molecule has 0 N–H and O–H groups in total. The Balaban J connectivity index is 3.34. The molecule has 1 rings (SSSR count). The molecule has 0 atom stereocenters. The highest BCUT2D eigenvalue weighted by Gasteiger charge is 2.27. The summed E-state index contributed by atoms with van der Waals surface area (Å²) < 4.78 is 27.0. The first kappa shape index (κ1) is 29.0. The normalized spacial score (nSPS) is 14.5. The number of nitrogens with zero attached hydrogens (tertiary/aromatic N) is 6. The summed E-state index contributed by atoms with van der Waals surface area (Å²) >= 11 is 3.30. The van der Waals surface area contributed by atoms with Crippen LogP contribution in [0.1, 0.15) is 6.92 Å². The number of aliphatic imine (C=N–C) groups is 4. The minimum Gasteiger partial charge on any atom is -0.287 e. The van der Waals surface area contributed by atoms with E-state index in [1.165, 1.54) is 26.2 Å². The molecule has 0 aromatic heterocycles. The molecule has 0 saturated carbocycles. The van der Waals surface area contributed by atoms with Crippen LogP contribution < -0.4 is 0 Å². The maximum absolute atomic E-state index is 13.1. The van der Waals surface area contributed by atoms with Gasteiger partial charge in [0.2, 0.25) is 9.84 Å². The molecule has 1 aromatic carbocycles. The summed E-state index contributed by atoms with van der Waals surface area (Å²) in [4.78, 5) is 16.6. The van der Waals surface area contributed by atoms with Crippen molar-refractivity contribution in [3.8, 4) is 0 Å². The van der Waals surface area contributed by atoms with Crippen molar-refractivity contribution >= 4 is 56.5 Å². The number of hydrogen-bond acceptors (Lipinski definition) is 8. The van der Waals surface area contributed by atoms with Crippen molar-refractivity contribution in [2.45, 2.75) is 11.8 Å². The molecule has 0 saturated heterocycles. The molecule has 0 spiro atoms. The second-order valence-corrected chi connectivity index (χ2v) is 9.66. The van der Waals surface area contributed by atoms with Crippen LogP contribution in [0.2, 0.25) is 0 Å². The van der Waals surface area contributed by atoms with Gasteiger partial charge in [-0.15, -0.1) is 16.8 Å². The van der Waals surface area contributed by atoms with Gasteiger partial charge in [0.25, 0.3) is 0 Å². The van der Waals surface area contributed by atoms with Gasteiger partial charge >= 0.3 is 0 Å². The zero-order valence-corrected chi connectivity index (χ0v) is 22.7. The first-order valence-corrected chi connectivity index (χ1v) is 12.3. The highest BCUT2D eigenvalue weighted by molar-refractivity contribution is 9.10. The molecule has 0 aliphatic heterocycles. The molecule has 0 fully saturated rings. The second-order valence-electron chi connectivity index (χ2n) is 6.77. The molecule has 0 unspecified atom stereocenters. The summed E-state index contributed by atoms with van der Waals surface area (Å²) in [6.07, 6.45) is 1.72. The Kier molecular flexibility index (Phi) is 11.1. The van der Waals surface area contributed by atoms with Crippen molar-refractivity contribution < 1.29 is 8.42 Å². The maximum atomic E-state index is 13.1. The van der Waals surface area contributed by atoms with Crippen molar-refractivity contribution in [1.82, 2.24) is 0 Å². The Labute approximate surface area is 211 Å². The fourth-order valence-corrected chi connectivity index (χ4v) is 4.35. The van der Waals surface area contributed by atoms with E-state index in [1.54, 1.807) is 39.2 Å². The summed E-state index contributed by atoms with van der Waals surface area (Å²) in [5, 5.41) is 8.43. The van der Waals surface area contributed by atoms with Gasteiger partial charge in [-0.3, -0.25) is 20.0 Å². The molecule has 0 aliphatic rings. The van der Waals surface area contributed by atoms with Gasteiger partial charge in [0.15, 0.2) is 0 Å². The van der Waals surface area contributed by atoms with Crippen molar-refractivity contribution in [1.29, 1.82) is 0 Å². The van der Waals surface area contributed by atoms with E-state index in [9.17, 15) is 8.42 Å². The van der Waals surface area contributed by atoms with Crippen LogP contribution in [0.5, 0.6) is 0 Å². The van der Waals surface area contributed by atoms with E-state index < -0.39 is 9.84 Å². The van der Waals surface area contributed by atoms with E-state index in [2.05, 4.69) is 65.9 Å². The lowest BCUT2D eigenvalue weighted by Crippen LogP contribution is -2.23. The average Bonchev–Trinajstić information content (AvgIpc) is 2.81. The van der Waals surface area contributed by atoms with Crippen molar-refractivity contribution in [3.63, 3.8) is 0 Å². The van der Waals surface area contributed by atoms with Gasteiger partial charge in [0, 0.05) is 32.7 Å². The van der Waals surface area contributed by atoms with Crippen LogP contribution in [0.25, 0.3) is 0 Å². The maximum Gasteiger partial charge on any atom is 0.208 e. The van der Waals surface area contributed by atoms with Crippen LogP contribution in [0.15, 0.2) is 111 Å². The first-order valence-electron chi connectivity index (χ1n) is 10.0. The van der Waals surface area contributed by atoms with Gasteiger partial charge in [-0.05, 0) is 31.2 Å². The lowest BCUT2D eigenvalue weighted by molar-refractivity contribution is 0.603. The number of sulfone groups is 1. The number of allylic oxidation sites excluding steroid dienone is 5. The lowest BCUT2D eigenvalue weighted by atomic mass is 9.89. The molecular weight excluding hydrogens is 515 g/mol. The SMILES string of the molecule is BC(=C)C(=N/C)/C(=N\C)C(=C\C)/N=N/C(=C)C(=N/C)/C(=N\C)C(=C)S(=O)(=O)c1ccc(Br)cc1. The van der Waals surface area contributed by atoms with Crippen LogP contribution in [0.4, 0.5) is 0 Å². The van der Waals surface area contributed by atoms with E-state index in [0.717, 1.165) is 9.95 Å². The van der Waals surface area contributed by atoms with Gasteiger partial charge < -0.3 is 0 Å². The molecule has 0 radical (unpaired) electrons. The van der Waals surface area contributed by atoms with Crippen LogP contribution in [-0.4, -0.2) is 67.3 Å². The second kappa shape index (κ2) is 13.0. The Bertz CT molecular complexity index is 1270. The van der Waals surface area contributed by atoms with Crippen LogP contribution in [-0.2, 0) is 9.84 Å². The van der Waals surface area contributed by atoms with E-state index in [-0.39, 0.29) is 26.9 Å². The van der Waals surface area contributed by atoms with Crippen LogP contribution >= 0.6 is 15.9 Å². The first-order chi connectivity index (χ1) is 16.0. The Morgan fingerprint density at radius 2 is 1.35 bits per heavy atom. The van der Waals surface area contributed by atoms with E-state index in [4.69, 9.17) is 0 Å². The molecule has 0 aliphatic carbocycles. The number of benzene rings is 1. The van der Waals surface area contributed by atoms with E-state index in [1.807, 2.05) is 7.85 Å². The van der Waals surface area contributed by atoms with Gasteiger partial charge in [-0.2, -0.15) is 0 Å². The standard InChI is InChI=1S/C23H28BBrN6O2S/c1-9-19(23(29-8)20(26-5)14(2)24)31-30-15(3)21(27-6)22(28-7)16(4)34(32,33)18-12-10-17(25)11-13-18/h9-13H,2-4,24H2,1,5-8H3/b19-9+,26-20-,27-21-,28-22-,29-23-,31-30+. The fourth-order valence-electron chi connectivity index (χ4n) is 2.86. The quantitative estimate of drug-likeness (QED) is 0.252. The Hall–Kier alpha value is -3.05. The van der Waals surface area contributed by atoms with Gasteiger partial charge in [-0.25, -0.2) is 8.42 Å². The van der Waals surface area contributed by atoms with Crippen LogP contribution in [0.3, 0.4) is 0 Å². The summed E-state index contributed by atoms with van der Waals surface area (Å²) in [6, 6.07) is 6.23. The fraction of sp³-hybridized carbons (Fsp3) is 0.217. The Morgan fingerprint density at radius 1 is 0.853 bits per heavy atom. The minimum absolute atomic E-state index is 0.0403. The summed E-state index contributed by atoms with van der Waals surface area (Å²) in [5.41, 5.74) is 2.56. The number of hydrogen-bond donors (Lipinski definition) is 0. The van der Waals surface area contributed by atoms with Gasteiger partial charge in [0.05, 0.1) is 15.5 Å². The third kappa shape index (κ3) is 6.74. The monoisotopic (exact) mass is 542 g/mol. The predicted molar refractivity (Wildman–Crippen MR) is 149 cm³/mol. The third-order valence-corrected chi connectivity index (χ3v) is 6.79. The topological polar surface area (TPSA) is 108 Å². The van der Waals surface area contributed by atoms with Crippen molar-refractivity contribution in [2.75, 3.05) is 28.2 Å². The molecule has 34 heavy (non-hydrogen) atoms. The predicted octanol–water partition coefficient (Wildman–Crippen LogP) is 4.04. The molecule has 0 heterocycles. The van der Waals surface area contributed by atoms with Crippen molar-refractivity contribution in [3.05, 3.63) is 76.3 Å². The molecule has 1 aromatic rings. The van der Waals surface area contributed by atoms with E-state index >= 15 is 0 Å². The zero-order valence-electron chi connectivity index (χ0n) is 20.3. The molecule has 11 heteroatoms. The summed E-state index contributed by atoms with van der Waals surface area (Å²) in [6.45, 7) is 13.4. The highest BCUT2D eigenvalue weighted by atomic mass is 79.9. The molecule has 8 nitrogen and oxygen atoms in total. The lowest BCUT2D eigenvalue weighted by Gasteiger charge is -2.13. The third-order valence-electron chi connectivity index (χ3n) is 4.53. The number of halogens is 1. The smallest absolute Gasteiger partial charge is 0.208 e. The van der Waals surface area contributed by atoms with Crippen LogP contribution in [0, 0.1) is 0 Å². The van der Waals surface area contributed by atoms with Crippen molar-refractivity contribution in [2.24, 2.45) is 30.2 Å². The highest BCUT2D eigenvalue weighted by Crippen LogP contribution is 2.23. The minimum atomic E-state index is -3.93. The van der Waals surface area contributed by atoms with Gasteiger partial charge in [-0.1, -0.05) is 40.6 Å². The molecule has 178 valence electrons. The summed E-state index contributed by atoms with van der Waals surface area (Å²) in [5.74, 6) is 0. The Morgan fingerprint density at radius 3 is 1.76 bits per heavy atom.